The van der Waals surface area contributed by atoms with Crippen LogP contribution in [0.1, 0.15) is 43.2 Å². The molecule has 2 N–H and O–H groups in total. The SMILES string of the molecule is Cc1cccc(CCNC(=O)CC2(C(=O)O)CCCC2)c1. The molecule has 0 aromatic heterocycles. The molecule has 1 aliphatic carbocycles. The summed E-state index contributed by atoms with van der Waals surface area (Å²) in [6.45, 7) is 2.59. The first-order valence-electron chi connectivity index (χ1n) is 7.57. The van der Waals surface area contributed by atoms with Gasteiger partial charge in [0.25, 0.3) is 0 Å². The van der Waals surface area contributed by atoms with Crippen LogP contribution in [0.3, 0.4) is 0 Å². The highest BCUT2D eigenvalue weighted by molar-refractivity contribution is 5.85. The smallest absolute Gasteiger partial charge is 0.310 e. The van der Waals surface area contributed by atoms with Crippen molar-refractivity contribution < 1.29 is 14.7 Å². The van der Waals surface area contributed by atoms with Gasteiger partial charge in [0, 0.05) is 13.0 Å². The van der Waals surface area contributed by atoms with E-state index in [2.05, 4.69) is 11.4 Å². The summed E-state index contributed by atoms with van der Waals surface area (Å²) in [6, 6.07) is 8.18. The zero-order valence-electron chi connectivity index (χ0n) is 12.5. The maximum atomic E-state index is 12.0. The van der Waals surface area contributed by atoms with Crippen LogP contribution in [-0.2, 0) is 16.0 Å². The summed E-state index contributed by atoms with van der Waals surface area (Å²) in [5.41, 5.74) is 1.56. The van der Waals surface area contributed by atoms with E-state index in [1.54, 1.807) is 0 Å². The molecule has 0 spiro atoms. The van der Waals surface area contributed by atoms with Crippen LogP contribution < -0.4 is 5.32 Å². The first-order valence-corrected chi connectivity index (χ1v) is 7.57. The Bertz CT molecular complexity index is 519. The Kier molecular flexibility index (Phi) is 4.99. The minimum absolute atomic E-state index is 0.107. The first kappa shape index (κ1) is 15.5. The number of carboxylic acids is 1. The molecule has 0 saturated heterocycles. The maximum Gasteiger partial charge on any atom is 0.310 e. The molecule has 0 heterocycles. The van der Waals surface area contributed by atoms with E-state index in [4.69, 9.17) is 0 Å². The Labute approximate surface area is 125 Å². The van der Waals surface area contributed by atoms with Crippen molar-refractivity contribution in [2.24, 2.45) is 5.41 Å². The molecule has 114 valence electrons. The Hall–Kier alpha value is -1.84. The van der Waals surface area contributed by atoms with Crippen molar-refractivity contribution in [3.05, 3.63) is 35.4 Å². The van der Waals surface area contributed by atoms with Crippen molar-refractivity contribution in [1.29, 1.82) is 0 Å². The highest BCUT2D eigenvalue weighted by Crippen LogP contribution is 2.41. The number of carbonyl (C=O) groups excluding carboxylic acids is 1. The quantitative estimate of drug-likeness (QED) is 0.846. The molecule has 0 atom stereocenters. The third-order valence-electron chi connectivity index (χ3n) is 4.33. The van der Waals surface area contributed by atoms with Gasteiger partial charge in [-0.3, -0.25) is 9.59 Å². The third kappa shape index (κ3) is 4.06. The van der Waals surface area contributed by atoms with Crippen LogP contribution in [0.25, 0.3) is 0 Å². The Balaban J connectivity index is 1.81. The minimum Gasteiger partial charge on any atom is -0.481 e. The summed E-state index contributed by atoms with van der Waals surface area (Å²) in [7, 11) is 0. The van der Waals surface area contributed by atoms with Gasteiger partial charge in [0.05, 0.1) is 5.41 Å². The first-order chi connectivity index (χ1) is 10.0. The summed E-state index contributed by atoms with van der Waals surface area (Å²) in [6.07, 6.45) is 3.93. The molecule has 0 radical (unpaired) electrons. The highest BCUT2D eigenvalue weighted by atomic mass is 16.4. The lowest BCUT2D eigenvalue weighted by Crippen LogP contribution is -2.36. The molecule has 4 heteroatoms. The average Bonchev–Trinajstić information content (AvgIpc) is 2.88. The molecule has 1 aromatic carbocycles. The fourth-order valence-corrected chi connectivity index (χ4v) is 3.10. The largest absolute Gasteiger partial charge is 0.481 e. The van der Waals surface area contributed by atoms with Gasteiger partial charge in [-0.05, 0) is 31.7 Å². The van der Waals surface area contributed by atoms with E-state index in [0.29, 0.717) is 19.4 Å². The van der Waals surface area contributed by atoms with Crippen molar-refractivity contribution in [2.75, 3.05) is 6.54 Å². The van der Waals surface area contributed by atoms with Gasteiger partial charge in [0.1, 0.15) is 0 Å². The van der Waals surface area contributed by atoms with Gasteiger partial charge in [-0.2, -0.15) is 0 Å². The second kappa shape index (κ2) is 6.74. The van der Waals surface area contributed by atoms with Crippen molar-refractivity contribution in [2.45, 2.75) is 45.4 Å². The molecule has 1 fully saturated rings. The fraction of sp³-hybridized carbons (Fsp3) is 0.529. The summed E-state index contributed by atoms with van der Waals surface area (Å²) in [4.78, 5) is 23.4. The van der Waals surface area contributed by atoms with E-state index in [1.807, 2.05) is 25.1 Å². The van der Waals surface area contributed by atoms with Crippen LogP contribution in [-0.4, -0.2) is 23.5 Å². The third-order valence-corrected chi connectivity index (χ3v) is 4.33. The number of hydrogen-bond acceptors (Lipinski definition) is 2. The van der Waals surface area contributed by atoms with Crippen LogP contribution in [0.2, 0.25) is 0 Å². The van der Waals surface area contributed by atoms with Gasteiger partial charge in [-0.25, -0.2) is 0 Å². The molecule has 1 aromatic rings. The van der Waals surface area contributed by atoms with Crippen LogP contribution in [0.4, 0.5) is 0 Å². The van der Waals surface area contributed by atoms with Gasteiger partial charge in [0.15, 0.2) is 0 Å². The van der Waals surface area contributed by atoms with E-state index in [0.717, 1.165) is 19.3 Å². The molecule has 4 nitrogen and oxygen atoms in total. The number of hydrogen-bond donors (Lipinski definition) is 2. The van der Waals surface area contributed by atoms with Crippen molar-refractivity contribution in [3.8, 4) is 0 Å². The number of nitrogens with one attached hydrogen (secondary N) is 1. The molecular formula is C17H23NO3. The second-order valence-corrected chi connectivity index (χ2v) is 6.06. The predicted molar refractivity (Wildman–Crippen MR) is 81.0 cm³/mol. The predicted octanol–water partition coefficient (Wildman–Crippen LogP) is 2.69. The molecule has 2 rings (SSSR count). The van der Waals surface area contributed by atoms with Crippen molar-refractivity contribution in [3.63, 3.8) is 0 Å². The van der Waals surface area contributed by atoms with Gasteiger partial charge in [-0.15, -0.1) is 0 Å². The van der Waals surface area contributed by atoms with E-state index in [-0.39, 0.29) is 12.3 Å². The molecule has 0 aliphatic heterocycles. The lowest BCUT2D eigenvalue weighted by atomic mass is 9.82. The Morgan fingerprint density at radius 1 is 1.29 bits per heavy atom. The zero-order chi connectivity index (χ0) is 15.3. The Morgan fingerprint density at radius 2 is 2.00 bits per heavy atom. The van der Waals surface area contributed by atoms with Crippen molar-refractivity contribution >= 4 is 11.9 Å². The second-order valence-electron chi connectivity index (χ2n) is 6.06. The minimum atomic E-state index is -0.826. The zero-order valence-corrected chi connectivity index (χ0v) is 12.5. The summed E-state index contributed by atoms with van der Waals surface area (Å²) in [5, 5.41) is 12.2. The highest BCUT2D eigenvalue weighted by Gasteiger charge is 2.42. The number of rotatable bonds is 6. The molecular weight excluding hydrogens is 266 g/mol. The summed E-state index contributed by atoms with van der Waals surface area (Å²) in [5.74, 6) is -0.971. The van der Waals surface area contributed by atoms with Crippen molar-refractivity contribution in [1.82, 2.24) is 5.32 Å². The van der Waals surface area contributed by atoms with Gasteiger partial charge in [0.2, 0.25) is 5.91 Å². The lowest BCUT2D eigenvalue weighted by Gasteiger charge is -2.22. The number of aryl methyl sites for hydroxylation is 1. The fourth-order valence-electron chi connectivity index (χ4n) is 3.10. The molecule has 1 saturated carbocycles. The molecule has 0 unspecified atom stereocenters. The van der Waals surface area contributed by atoms with E-state index >= 15 is 0 Å². The van der Waals surface area contributed by atoms with Gasteiger partial charge < -0.3 is 10.4 Å². The van der Waals surface area contributed by atoms with Gasteiger partial charge >= 0.3 is 5.97 Å². The van der Waals surface area contributed by atoms with E-state index < -0.39 is 11.4 Å². The summed E-state index contributed by atoms with van der Waals surface area (Å²) < 4.78 is 0. The molecule has 21 heavy (non-hydrogen) atoms. The molecule has 1 amide bonds. The number of aliphatic carboxylic acids is 1. The monoisotopic (exact) mass is 289 g/mol. The topological polar surface area (TPSA) is 66.4 Å². The van der Waals surface area contributed by atoms with Crippen LogP contribution >= 0.6 is 0 Å². The molecule has 1 aliphatic rings. The number of amides is 1. The van der Waals surface area contributed by atoms with Crippen LogP contribution in [0.15, 0.2) is 24.3 Å². The lowest BCUT2D eigenvalue weighted by molar-refractivity contribution is -0.151. The number of carbonyl (C=O) groups is 2. The Morgan fingerprint density at radius 3 is 2.62 bits per heavy atom. The van der Waals surface area contributed by atoms with Gasteiger partial charge in [-0.1, -0.05) is 42.7 Å². The number of benzene rings is 1. The standard InChI is InChI=1S/C17H23NO3/c1-13-5-4-6-14(11-13)7-10-18-15(19)12-17(16(20)21)8-2-3-9-17/h4-6,11H,2-3,7-10,12H2,1H3,(H,18,19)(H,20,21). The summed E-state index contributed by atoms with van der Waals surface area (Å²) >= 11 is 0. The van der Waals surface area contributed by atoms with Crippen LogP contribution in [0.5, 0.6) is 0 Å². The van der Waals surface area contributed by atoms with E-state index in [1.165, 1.54) is 11.1 Å². The number of carboxylic acid groups (broad SMARTS) is 1. The molecule has 0 bridgehead atoms. The van der Waals surface area contributed by atoms with Crippen LogP contribution in [0, 0.1) is 12.3 Å². The van der Waals surface area contributed by atoms with E-state index in [9.17, 15) is 14.7 Å². The maximum absolute atomic E-state index is 12.0. The average molecular weight is 289 g/mol. The normalized spacial score (nSPS) is 16.6.